The zero-order valence-electron chi connectivity index (χ0n) is 11.2. The monoisotopic (exact) mass is 297 g/mol. The Morgan fingerprint density at radius 3 is 2.50 bits per heavy atom. The van der Waals surface area contributed by atoms with Gasteiger partial charge in [0.2, 0.25) is 11.8 Å². The maximum Gasteiger partial charge on any atom is 0.242 e. The van der Waals surface area contributed by atoms with E-state index in [-0.39, 0.29) is 37.3 Å². The van der Waals surface area contributed by atoms with E-state index >= 15 is 0 Å². The number of hydrogen-bond acceptors (Lipinski definition) is 3. The molecule has 0 aliphatic carbocycles. The number of amides is 2. The normalized spacial score (nSPS) is 9.25. The summed E-state index contributed by atoms with van der Waals surface area (Å²) in [4.78, 5) is 24.6. The second-order valence-corrected chi connectivity index (χ2v) is 4.03. The number of nitrogens with two attached hydrogens (primary N) is 1. The van der Waals surface area contributed by atoms with Gasteiger partial charge in [-0.25, -0.2) is 0 Å². The number of rotatable bonds is 7. The molecular weight excluding hydrogens is 278 g/mol. The molecular formula is C14H20ClN3O2. The van der Waals surface area contributed by atoms with Gasteiger partial charge >= 0.3 is 0 Å². The molecule has 1 aromatic rings. The Balaban J connectivity index is 0.00000361. The number of hydrogen-bond donors (Lipinski definition) is 2. The minimum atomic E-state index is -0.341. The lowest BCUT2D eigenvalue weighted by molar-refractivity contribution is -0.132. The number of carbonyl (C=O) groups excluding carboxylic acids is 2. The van der Waals surface area contributed by atoms with Crippen molar-refractivity contribution in [3.05, 3.63) is 48.6 Å². The maximum absolute atomic E-state index is 12.0. The predicted molar refractivity (Wildman–Crippen MR) is 81.4 cm³/mol. The Labute approximate surface area is 125 Å². The molecule has 0 radical (unpaired) electrons. The summed E-state index contributed by atoms with van der Waals surface area (Å²) in [6, 6.07) is 9.65. The first-order valence-electron chi connectivity index (χ1n) is 6.06. The van der Waals surface area contributed by atoms with Crippen molar-refractivity contribution < 1.29 is 9.59 Å². The number of carbonyl (C=O) groups is 2. The Bertz CT molecular complexity index is 437. The van der Waals surface area contributed by atoms with Gasteiger partial charge in [0, 0.05) is 13.1 Å². The van der Waals surface area contributed by atoms with Gasteiger partial charge in [-0.1, -0.05) is 36.4 Å². The van der Waals surface area contributed by atoms with Crippen molar-refractivity contribution in [1.29, 1.82) is 0 Å². The molecule has 1 rings (SSSR count). The highest BCUT2D eigenvalue weighted by Gasteiger charge is 2.13. The first-order chi connectivity index (χ1) is 9.17. The smallest absolute Gasteiger partial charge is 0.242 e. The van der Waals surface area contributed by atoms with Gasteiger partial charge in [-0.2, -0.15) is 0 Å². The fourth-order valence-corrected chi connectivity index (χ4v) is 1.57. The molecule has 110 valence electrons. The van der Waals surface area contributed by atoms with Crippen molar-refractivity contribution in [2.75, 3.05) is 19.6 Å². The molecule has 20 heavy (non-hydrogen) atoms. The average molecular weight is 298 g/mol. The van der Waals surface area contributed by atoms with Crippen LogP contribution in [-0.4, -0.2) is 36.3 Å². The molecule has 2 amide bonds. The van der Waals surface area contributed by atoms with Crippen molar-refractivity contribution in [1.82, 2.24) is 10.2 Å². The molecule has 0 aromatic heterocycles. The van der Waals surface area contributed by atoms with E-state index in [1.54, 1.807) is 11.0 Å². The first kappa shape index (κ1) is 18.1. The van der Waals surface area contributed by atoms with Crippen LogP contribution in [0.15, 0.2) is 43.0 Å². The molecule has 0 aliphatic rings. The molecule has 0 saturated carbocycles. The number of halogens is 1. The van der Waals surface area contributed by atoms with E-state index in [1.165, 1.54) is 0 Å². The van der Waals surface area contributed by atoms with Crippen molar-refractivity contribution in [2.45, 2.75) is 6.54 Å². The van der Waals surface area contributed by atoms with Crippen molar-refractivity contribution in [2.24, 2.45) is 5.73 Å². The van der Waals surface area contributed by atoms with Crippen LogP contribution in [0.25, 0.3) is 0 Å². The molecule has 0 atom stereocenters. The fourth-order valence-electron chi connectivity index (χ4n) is 1.57. The van der Waals surface area contributed by atoms with Gasteiger partial charge in [0.25, 0.3) is 0 Å². The molecule has 0 bridgehead atoms. The largest absolute Gasteiger partial charge is 0.346 e. The van der Waals surface area contributed by atoms with E-state index in [2.05, 4.69) is 11.9 Å². The molecule has 0 aliphatic heterocycles. The third-order valence-electron chi connectivity index (χ3n) is 2.54. The Kier molecular flexibility index (Phi) is 9.07. The summed E-state index contributed by atoms with van der Waals surface area (Å²) in [5.41, 5.74) is 6.19. The van der Waals surface area contributed by atoms with E-state index in [9.17, 15) is 9.59 Å². The zero-order chi connectivity index (χ0) is 14.1. The summed E-state index contributed by atoms with van der Waals surface area (Å²) in [5, 5.41) is 2.47. The van der Waals surface area contributed by atoms with E-state index in [4.69, 9.17) is 5.73 Å². The van der Waals surface area contributed by atoms with Gasteiger partial charge in [-0.3, -0.25) is 9.59 Å². The van der Waals surface area contributed by atoms with Crippen LogP contribution in [0.1, 0.15) is 5.56 Å². The average Bonchev–Trinajstić information content (AvgIpc) is 2.45. The van der Waals surface area contributed by atoms with Gasteiger partial charge < -0.3 is 16.0 Å². The SMILES string of the molecule is C=CCN(Cc1ccccc1)C(=O)CNC(=O)CN.Cl. The summed E-state index contributed by atoms with van der Waals surface area (Å²) < 4.78 is 0. The van der Waals surface area contributed by atoms with Gasteiger partial charge in [-0.15, -0.1) is 19.0 Å². The summed E-state index contributed by atoms with van der Waals surface area (Å²) in [6.45, 7) is 4.40. The highest BCUT2D eigenvalue weighted by Crippen LogP contribution is 2.04. The number of nitrogens with one attached hydrogen (secondary N) is 1. The summed E-state index contributed by atoms with van der Waals surface area (Å²) in [6.07, 6.45) is 1.66. The molecule has 0 fully saturated rings. The minimum absolute atomic E-state index is 0. The maximum atomic E-state index is 12.0. The number of benzene rings is 1. The topological polar surface area (TPSA) is 75.4 Å². The molecule has 0 unspecified atom stereocenters. The summed E-state index contributed by atoms with van der Waals surface area (Å²) in [7, 11) is 0. The Morgan fingerprint density at radius 1 is 1.30 bits per heavy atom. The lowest BCUT2D eigenvalue weighted by atomic mass is 10.2. The van der Waals surface area contributed by atoms with Crippen LogP contribution in [0, 0.1) is 0 Å². The highest BCUT2D eigenvalue weighted by molar-refractivity contribution is 5.85. The van der Waals surface area contributed by atoms with Gasteiger partial charge in [-0.05, 0) is 5.56 Å². The summed E-state index contributed by atoms with van der Waals surface area (Å²) in [5.74, 6) is -0.503. The van der Waals surface area contributed by atoms with E-state index in [1.807, 2.05) is 30.3 Å². The molecule has 0 heterocycles. The Hall–Kier alpha value is -1.85. The third kappa shape index (κ3) is 6.36. The Morgan fingerprint density at radius 2 is 1.95 bits per heavy atom. The predicted octanol–water partition coefficient (Wildman–Crippen LogP) is 0.698. The second kappa shape index (κ2) is 10.00. The van der Waals surface area contributed by atoms with Crippen LogP contribution in [-0.2, 0) is 16.1 Å². The first-order valence-corrected chi connectivity index (χ1v) is 6.06. The van der Waals surface area contributed by atoms with E-state index < -0.39 is 0 Å². The standard InChI is InChI=1S/C14H19N3O2.ClH/c1-2-8-17(11-12-6-4-3-5-7-12)14(19)10-16-13(18)9-15;/h2-7H,1,8-11,15H2,(H,16,18);1H. The lowest BCUT2D eigenvalue weighted by Gasteiger charge is -2.21. The second-order valence-electron chi connectivity index (χ2n) is 4.03. The number of nitrogens with zero attached hydrogens (tertiary/aromatic N) is 1. The third-order valence-corrected chi connectivity index (χ3v) is 2.54. The van der Waals surface area contributed by atoms with Gasteiger partial charge in [0.1, 0.15) is 0 Å². The van der Waals surface area contributed by atoms with Crippen LogP contribution in [0.2, 0.25) is 0 Å². The van der Waals surface area contributed by atoms with Crippen LogP contribution in [0.3, 0.4) is 0 Å². The molecule has 0 spiro atoms. The highest BCUT2D eigenvalue weighted by atomic mass is 35.5. The van der Waals surface area contributed by atoms with Crippen LogP contribution in [0.5, 0.6) is 0 Å². The van der Waals surface area contributed by atoms with Crippen LogP contribution >= 0.6 is 12.4 Å². The molecule has 3 N–H and O–H groups in total. The molecule has 5 nitrogen and oxygen atoms in total. The van der Waals surface area contributed by atoms with E-state index in [0.717, 1.165) is 5.56 Å². The molecule has 0 saturated heterocycles. The van der Waals surface area contributed by atoms with Crippen LogP contribution in [0.4, 0.5) is 0 Å². The molecule has 6 heteroatoms. The summed E-state index contributed by atoms with van der Waals surface area (Å²) >= 11 is 0. The van der Waals surface area contributed by atoms with Gasteiger partial charge in [0.05, 0.1) is 13.1 Å². The van der Waals surface area contributed by atoms with Crippen molar-refractivity contribution in [3.8, 4) is 0 Å². The molecule has 1 aromatic carbocycles. The van der Waals surface area contributed by atoms with Crippen LogP contribution < -0.4 is 11.1 Å². The zero-order valence-corrected chi connectivity index (χ0v) is 12.1. The van der Waals surface area contributed by atoms with Crippen molar-refractivity contribution in [3.63, 3.8) is 0 Å². The quantitative estimate of drug-likeness (QED) is 0.727. The lowest BCUT2D eigenvalue weighted by Crippen LogP contribution is -2.41. The fraction of sp³-hybridized carbons (Fsp3) is 0.286. The van der Waals surface area contributed by atoms with Gasteiger partial charge in [0.15, 0.2) is 0 Å². The minimum Gasteiger partial charge on any atom is -0.346 e. The van der Waals surface area contributed by atoms with E-state index in [0.29, 0.717) is 13.1 Å². The van der Waals surface area contributed by atoms with Crippen molar-refractivity contribution >= 4 is 24.2 Å².